The van der Waals surface area contributed by atoms with Gasteiger partial charge in [-0.15, -0.1) is 0 Å². The zero-order chi connectivity index (χ0) is 17.0. The molecule has 2 rings (SSSR count). The summed E-state index contributed by atoms with van der Waals surface area (Å²) in [5.41, 5.74) is 1.97. The Balaban J connectivity index is 2.17. The van der Waals surface area contributed by atoms with Crippen molar-refractivity contribution < 1.29 is 9.53 Å². The van der Waals surface area contributed by atoms with Crippen molar-refractivity contribution in [2.75, 3.05) is 24.3 Å². The number of rotatable bonds is 5. The molecule has 6 heteroatoms. The van der Waals surface area contributed by atoms with Crippen molar-refractivity contribution in [1.29, 1.82) is 0 Å². The minimum absolute atomic E-state index is 0.0382. The fraction of sp³-hybridized carbons (Fsp3) is 0.294. The first kappa shape index (κ1) is 17.1. The third-order valence-electron chi connectivity index (χ3n) is 3.04. The Hall–Kier alpha value is -2.27. The number of hydrogen-bond acceptors (Lipinski definition) is 4. The smallest absolute Gasteiger partial charge is 0.257 e. The van der Waals surface area contributed by atoms with Gasteiger partial charge < -0.3 is 15.0 Å². The second-order valence-corrected chi connectivity index (χ2v) is 6.00. The fourth-order valence-electron chi connectivity index (χ4n) is 2.02. The highest BCUT2D eigenvalue weighted by Crippen LogP contribution is 2.28. The lowest BCUT2D eigenvalue weighted by Gasteiger charge is -2.18. The molecule has 2 aromatic rings. The normalized spacial score (nSPS) is 10.5. The number of anilines is 2. The van der Waals surface area contributed by atoms with Crippen molar-refractivity contribution in [1.82, 2.24) is 4.98 Å². The maximum absolute atomic E-state index is 12.4. The monoisotopic (exact) mass is 333 g/mol. The van der Waals surface area contributed by atoms with Crippen LogP contribution in [0.4, 0.5) is 11.4 Å². The number of halogens is 1. The molecule has 0 radical (unpaired) electrons. The molecule has 23 heavy (non-hydrogen) atoms. The molecule has 0 fully saturated rings. The maximum Gasteiger partial charge on any atom is 0.257 e. The summed E-state index contributed by atoms with van der Waals surface area (Å²) in [6, 6.07) is 8.72. The summed E-state index contributed by atoms with van der Waals surface area (Å²) in [7, 11) is 3.80. The molecule has 0 spiro atoms. The zero-order valence-corrected chi connectivity index (χ0v) is 14.4. The first-order valence-corrected chi connectivity index (χ1v) is 7.65. The van der Waals surface area contributed by atoms with Crippen molar-refractivity contribution in [3.8, 4) is 5.88 Å². The Morgan fingerprint density at radius 1 is 1.26 bits per heavy atom. The van der Waals surface area contributed by atoms with Gasteiger partial charge in [0.15, 0.2) is 0 Å². The Labute approximate surface area is 141 Å². The van der Waals surface area contributed by atoms with Gasteiger partial charge in [0.2, 0.25) is 5.88 Å². The average molecular weight is 334 g/mol. The van der Waals surface area contributed by atoms with Gasteiger partial charge in [0, 0.05) is 31.4 Å². The van der Waals surface area contributed by atoms with E-state index in [9.17, 15) is 4.79 Å². The minimum Gasteiger partial charge on any atom is -0.475 e. The van der Waals surface area contributed by atoms with E-state index in [1.54, 1.807) is 24.3 Å². The summed E-state index contributed by atoms with van der Waals surface area (Å²) >= 11 is 6.02. The van der Waals surface area contributed by atoms with Crippen LogP contribution in [0.25, 0.3) is 0 Å². The van der Waals surface area contributed by atoms with Gasteiger partial charge in [0.05, 0.1) is 23.0 Å². The molecule has 0 unspecified atom stereocenters. The third kappa shape index (κ3) is 4.60. The lowest BCUT2D eigenvalue weighted by atomic mass is 10.2. The van der Waals surface area contributed by atoms with E-state index >= 15 is 0 Å². The molecule has 0 aliphatic heterocycles. The standard InChI is InChI=1S/C17H20ClN3O2/c1-11(2)23-16-8-5-12(10-19-16)17(22)20-14-9-13(18)6-7-15(14)21(3)4/h5-11H,1-4H3,(H,20,22). The molecule has 1 amide bonds. The first-order chi connectivity index (χ1) is 10.9. The average Bonchev–Trinajstić information content (AvgIpc) is 2.47. The van der Waals surface area contributed by atoms with Crippen LogP contribution >= 0.6 is 11.6 Å². The molecule has 1 aromatic heterocycles. The number of amides is 1. The molecule has 0 saturated carbocycles. The van der Waals surface area contributed by atoms with Gasteiger partial charge in [-0.3, -0.25) is 4.79 Å². The van der Waals surface area contributed by atoms with Crippen molar-refractivity contribution in [3.05, 3.63) is 47.1 Å². The van der Waals surface area contributed by atoms with Crippen LogP contribution < -0.4 is 15.0 Å². The molecule has 0 saturated heterocycles. The van der Waals surface area contributed by atoms with Gasteiger partial charge in [-0.2, -0.15) is 0 Å². The molecular weight excluding hydrogens is 314 g/mol. The van der Waals surface area contributed by atoms with E-state index in [4.69, 9.17) is 16.3 Å². The van der Waals surface area contributed by atoms with E-state index in [2.05, 4.69) is 10.3 Å². The second kappa shape index (κ2) is 7.33. The highest BCUT2D eigenvalue weighted by Gasteiger charge is 2.12. The SMILES string of the molecule is CC(C)Oc1ccc(C(=O)Nc2cc(Cl)ccc2N(C)C)cn1. The molecule has 0 aliphatic rings. The molecule has 5 nitrogen and oxygen atoms in total. The van der Waals surface area contributed by atoms with Gasteiger partial charge >= 0.3 is 0 Å². The summed E-state index contributed by atoms with van der Waals surface area (Å²) in [6.07, 6.45) is 1.53. The number of pyridine rings is 1. The van der Waals surface area contributed by atoms with Crippen LogP contribution in [-0.4, -0.2) is 31.1 Å². The third-order valence-corrected chi connectivity index (χ3v) is 3.28. The number of nitrogens with one attached hydrogen (secondary N) is 1. The Kier molecular flexibility index (Phi) is 5.45. The second-order valence-electron chi connectivity index (χ2n) is 5.56. The fourth-order valence-corrected chi connectivity index (χ4v) is 2.19. The van der Waals surface area contributed by atoms with E-state index in [-0.39, 0.29) is 12.0 Å². The molecule has 1 heterocycles. The van der Waals surface area contributed by atoms with E-state index in [1.807, 2.05) is 38.9 Å². The van der Waals surface area contributed by atoms with Gasteiger partial charge in [-0.05, 0) is 38.1 Å². The number of nitrogens with zero attached hydrogens (tertiary/aromatic N) is 2. The minimum atomic E-state index is -0.251. The number of aromatic nitrogens is 1. The summed E-state index contributed by atoms with van der Waals surface area (Å²) < 4.78 is 5.47. The molecule has 0 atom stereocenters. The Morgan fingerprint density at radius 2 is 2.00 bits per heavy atom. The van der Waals surface area contributed by atoms with Crippen LogP contribution in [0.5, 0.6) is 5.88 Å². The Morgan fingerprint density at radius 3 is 2.57 bits per heavy atom. The summed E-state index contributed by atoms with van der Waals surface area (Å²) in [6.45, 7) is 3.84. The van der Waals surface area contributed by atoms with E-state index in [1.165, 1.54) is 6.20 Å². The van der Waals surface area contributed by atoms with Gasteiger partial charge in [-0.1, -0.05) is 11.6 Å². The molecule has 1 N–H and O–H groups in total. The summed E-state index contributed by atoms with van der Waals surface area (Å²) in [5.74, 6) is 0.243. The lowest BCUT2D eigenvalue weighted by molar-refractivity contribution is 0.102. The molecular formula is C17H20ClN3O2. The predicted octanol–water partition coefficient (Wildman–Crippen LogP) is 3.84. The van der Waals surface area contributed by atoms with Crippen molar-refractivity contribution >= 4 is 28.9 Å². The molecule has 122 valence electrons. The molecule has 0 aliphatic carbocycles. The van der Waals surface area contributed by atoms with Crippen LogP contribution in [0.2, 0.25) is 5.02 Å². The van der Waals surface area contributed by atoms with Crippen LogP contribution in [0.15, 0.2) is 36.5 Å². The van der Waals surface area contributed by atoms with Gasteiger partial charge in [-0.25, -0.2) is 4.98 Å². The summed E-state index contributed by atoms with van der Waals surface area (Å²) in [4.78, 5) is 18.4. The van der Waals surface area contributed by atoms with Gasteiger partial charge in [0.1, 0.15) is 0 Å². The van der Waals surface area contributed by atoms with Gasteiger partial charge in [0.25, 0.3) is 5.91 Å². The maximum atomic E-state index is 12.4. The van der Waals surface area contributed by atoms with E-state index in [0.29, 0.717) is 22.2 Å². The molecule has 0 bridgehead atoms. The van der Waals surface area contributed by atoms with Crippen molar-refractivity contribution in [2.24, 2.45) is 0 Å². The van der Waals surface area contributed by atoms with Crippen LogP contribution in [-0.2, 0) is 0 Å². The number of carbonyl (C=O) groups excluding carboxylic acids is 1. The van der Waals surface area contributed by atoms with Crippen LogP contribution in [0, 0.1) is 0 Å². The highest BCUT2D eigenvalue weighted by atomic mass is 35.5. The molecule has 1 aromatic carbocycles. The van der Waals surface area contributed by atoms with Crippen LogP contribution in [0.3, 0.4) is 0 Å². The number of carbonyl (C=O) groups is 1. The lowest BCUT2D eigenvalue weighted by Crippen LogP contribution is -2.17. The zero-order valence-electron chi connectivity index (χ0n) is 13.6. The van der Waals surface area contributed by atoms with Crippen molar-refractivity contribution in [2.45, 2.75) is 20.0 Å². The summed E-state index contributed by atoms with van der Waals surface area (Å²) in [5, 5.41) is 3.42. The van der Waals surface area contributed by atoms with E-state index in [0.717, 1.165) is 5.69 Å². The van der Waals surface area contributed by atoms with Crippen molar-refractivity contribution in [3.63, 3.8) is 0 Å². The Bertz CT molecular complexity index is 685. The number of ether oxygens (including phenoxy) is 1. The largest absolute Gasteiger partial charge is 0.475 e. The number of hydrogen-bond donors (Lipinski definition) is 1. The highest BCUT2D eigenvalue weighted by molar-refractivity contribution is 6.31. The number of benzene rings is 1. The predicted molar refractivity (Wildman–Crippen MR) is 93.7 cm³/mol. The topological polar surface area (TPSA) is 54.5 Å². The quantitative estimate of drug-likeness (QED) is 0.903. The first-order valence-electron chi connectivity index (χ1n) is 7.27. The van der Waals surface area contributed by atoms with Crippen LogP contribution in [0.1, 0.15) is 24.2 Å². The van der Waals surface area contributed by atoms with E-state index < -0.39 is 0 Å².